The summed E-state index contributed by atoms with van der Waals surface area (Å²) in [4.78, 5) is 0. The van der Waals surface area contributed by atoms with Crippen LogP contribution < -0.4 is 0 Å². The summed E-state index contributed by atoms with van der Waals surface area (Å²) in [6.07, 6.45) is 0.769. The summed E-state index contributed by atoms with van der Waals surface area (Å²) in [5.74, 6) is -0.240. The molecule has 0 aromatic heterocycles. The van der Waals surface area contributed by atoms with Crippen LogP contribution in [0.5, 0.6) is 0 Å². The van der Waals surface area contributed by atoms with Crippen molar-refractivity contribution in [2.75, 3.05) is 20.3 Å². The van der Waals surface area contributed by atoms with Gasteiger partial charge in [0.2, 0.25) is 0 Å². The van der Waals surface area contributed by atoms with Gasteiger partial charge in [0.1, 0.15) is 10.2 Å². The van der Waals surface area contributed by atoms with E-state index in [2.05, 4.69) is 4.13 Å². The lowest BCUT2D eigenvalue weighted by molar-refractivity contribution is -0.0425. The molecule has 0 unspecified atom stereocenters. The van der Waals surface area contributed by atoms with Gasteiger partial charge in [0.15, 0.2) is 10.0 Å². The van der Waals surface area contributed by atoms with E-state index in [1.165, 1.54) is 14.0 Å². The van der Waals surface area contributed by atoms with Crippen molar-refractivity contribution in [3.8, 4) is 0 Å². The van der Waals surface area contributed by atoms with E-state index in [9.17, 15) is 30.0 Å². The highest BCUT2D eigenvalue weighted by atomic mass is 32.3. The van der Waals surface area contributed by atoms with Crippen molar-refractivity contribution >= 4 is 20.2 Å². The summed E-state index contributed by atoms with van der Waals surface area (Å²) in [5, 5.41) is 0. The largest absolute Gasteiger partial charge is 0.480 e. The number of methoxy groups -OCH3 is 1. The first-order valence-electron chi connectivity index (χ1n) is 6.82. The van der Waals surface area contributed by atoms with Gasteiger partial charge in [-0.05, 0) is 25.7 Å². The molecule has 0 aliphatic heterocycles. The Balaban J connectivity index is 5.35. The average Bonchev–Trinajstić information content (AvgIpc) is 2.34. The number of nitrogens with zero attached hydrogens (tertiary/aromatic N) is 2. The Morgan fingerprint density at radius 1 is 1.09 bits per heavy atom. The molecule has 7 nitrogen and oxygen atoms in total. The second-order valence-corrected chi connectivity index (χ2v) is 8.64. The molecule has 0 saturated carbocycles. The molecule has 0 aliphatic rings. The van der Waals surface area contributed by atoms with Crippen LogP contribution in [-0.2, 0) is 25.0 Å². The lowest BCUT2D eigenvalue weighted by Gasteiger charge is -2.36. The number of alkyl halides is 3. The molecular formula is C11H22F3N2O5S2-. The fourth-order valence-electron chi connectivity index (χ4n) is 1.58. The van der Waals surface area contributed by atoms with Crippen LogP contribution in [0.2, 0.25) is 0 Å². The highest BCUT2D eigenvalue weighted by molar-refractivity contribution is 8.11. The first-order valence-corrected chi connectivity index (χ1v) is 9.66. The summed E-state index contributed by atoms with van der Waals surface area (Å²) in [7, 11) is -9.65. The maximum Gasteiger partial charge on any atom is 0.480 e. The molecule has 12 heteroatoms. The van der Waals surface area contributed by atoms with Gasteiger partial charge in [-0.1, -0.05) is 13.8 Å². The third kappa shape index (κ3) is 6.91. The second kappa shape index (κ2) is 8.60. The number of rotatable bonds is 10. The smallest absolute Gasteiger partial charge is 0.415 e. The summed E-state index contributed by atoms with van der Waals surface area (Å²) >= 11 is 0. The molecule has 0 amide bonds. The highest BCUT2D eigenvalue weighted by Gasteiger charge is 2.41. The van der Waals surface area contributed by atoms with Gasteiger partial charge in [-0.25, -0.2) is 21.1 Å². The van der Waals surface area contributed by atoms with Crippen LogP contribution in [-0.4, -0.2) is 53.0 Å². The van der Waals surface area contributed by atoms with E-state index in [1.54, 1.807) is 13.8 Å². The lowest BCUT2D eigenvalue weighted by atomic mass is 10.1. The van der Waals surface area contributed by atoms with Crippen molar-refractivity contribution in [1.82, 2.24) is 4.31 Å². The zero-order valence-electron chi connectivity index (χ0n) is 13.4. The van der Waals surface area contributed by atoms with Crippen LogP contribution in [0.4, 0.5) is 13.2 Å². The number of sulfonamides is 1. The molecule has 23 heavy (non-hydrogen) atoms. The van der Waals surface area contributed by atoms with Gasteiger partial charge in [-0.15, -0.1) is 0 Å². The highest BCUT2D eigenvalue weighted by Crippen LogP contribution is 2.32. The quantitative estimate of drug-likeness (QED) is 0.539. The van der Waals surface area contributed by atoms with Gasteiger partial charge < -0.3 is 8.86 Å². The minimum Gasteiger partial charge on any atom is -0.415 e. The molecule has 140 valence electrons. The van der Waals surface area contributed by atoms with Gasteiger partial charge in [-0.3, -0.25) is 0 Å². The zero-order chi connectivity index (χ0) is 18.5. The fraction of sp³-hybridized carbons (Fsp3) is 1.00. The minimum absolute atomic E-state index is 0.151. The van der Waals surface area contributed by atoms with E-state index >= 15 is 0 Å². The van der Waals surface area contributed by atoms with Crippen molar-refractivity contribution in [3.63, 3.8) is 0 Å². The van der Waals surface area contributed by atoms with Gasteiger partial charge in [0.25, 0.3) is 0 Å². The van der Waals surface area contributed by atoms with Crippen molar-refractivity contribution in [2.45, 2.75) is 45.2 Å². The molecular weight excluding hydrogens is 361 g/mol. The Kier molecular flexibility index (Phi) is 8.44. The Morgan fingerprint density at radius 2 is 1.61 bits per heavy atom. The predicted octanol–water partition coefficient (Wildman–Crippen LogP) is 2.23. The molecule has 0 aromatic carbocycles. The van der Waals surface area contributed by atoms with Crippen molar-refractivity contribution in [2.24, 2.45) is 5.92 Å². The Labute approximate surface area is 135 Å². The predicted molar refractivity (Wildman–Crippen MR) is 79.4 cm³/mol. The molecule has 0 spiro atoms. The molecule has 0 rings (SSSR count). The number of hydrogen-bond donors (Lipinski definition) is 0. The van der Waals surface area contributed by atoms with E-state index < -0.39 is 31.8 Å². The van der Waals surface area contributed by atoms with E-state index in [1.807, 2.05) is 0 Å². The SMILES string of the molecule is COCCCCN([C@@H](C)C(C)C)S(=O)(=O)[N-]S(=O)(=O)C(F)(F)F. The number of halogens is 3. The molecule has 1 atom stereocenters. The molecule has 0 saturated heterocycles. The van der Waals surface area contributed by atoms with Gasteiger partial charge in [-0.2, -0.15) is 13.2 Å². The van der Waals surface area contributed by atoms with Crippen LogP contribution in [0.25, 0.3) is 4.13 Å². The van der Waals surface area contributed by atoms with Crippen LogP contribution in [0.1, 0.15) is 33.6 Å². The Bertz CT molecular complexity index is 561. The monoisotopic (exact) mass is 383 g/mol. The van der Waals surface area contributed by atoms with Gasteiger partial charge in [0, 0.05) is 26.3 Å². The molecule has 0 aliphatic carbocycles. The van der Waals surface area contributed by atoms with E-state index in [4.69, 9.17) is 4.74 Å². The molecule has 0 bridgehead atoms. The van der Waals surface area contributed by atoms with E-state index in [0.717, 1.165) is 0 Å². The lowest BCUT2D eigenvalue weighted by Crippen LogP contribution is -2.43. The number of unbranched alkanes of at least 4 members (excludes halogenated alkanes) is 1. The van der Waals surface area contributed by atoms with E-state index in [0.29, 0.717) is 23.8 Å². The Morgan fingerprint density at radius 3 is 2.00 bits per heavy atom. The summed E-state index contributed by atoms with van der Waals surface area (Å²) in [5.41, 5.74) is -5.76. The molecule has 0 heterocycles. The van der Waals surface area contributed by atoms with Crippen molar-refractivity contribution in [3.05, 3.63) is 4.13 Å². The second-order valence-electron chi connectivity index (χ2n) is 5.27. The van der Waals surface area contributed by atoms with Crippen molar-refractivity contribution in [1.29, 1.82) is 0 Å². The maximum absolute atomic E-state index is 12.4. The summed E-state index contributed by atoms with van der Waals surface area (Å²) in [6, 6.07) is -0.713. The van der Waals surface area contributed by atoms with Crippen molar-refractivity contribution < 1.29 is 34.7 Å². The average molecular weight is 383 g/mol. The summed E-state index contributed by atoms with van der Waals surface area (Å²) < 4.78 is 90.8. The molecule has 0 aromatic rings. The number of ether oxygens (including phenoxy) is 1. The first kappa shape index (κ1) is 22.6. The maximum atomic E-state index is 12.4. The van der Waals surface area contributed by atoms with Gasteiger partial charge in [0.05, 0.1) is 0 Å². The zero-order valence-corrected chi connectivity index (χ0v) is 15.0. The normalized spacial score (nSPS) is 15.3. The molecule has 0 N–H and O–H groups in total. The standard InChI is InChI=1S/C11H22F3N2O5S2/c1-9(2)10(3)16(7-5-6-8-21-4)23(19,20)15-22(17,18)11(12,13)14/h9-10H,5-8H2,1-4H3/q-1/t10-/m0/s1. The van der Waals surface area contributed by atoms with Crippen LogP contribution in [0.3, 0.4) is 0 Å². The number of hydrogen-bond acceptors (Lipinski definition) is 5. The third-order valence-corrected chi connectivity index (χ3v) is 6.41. The van der Waals surface area contributed by atoms with E-state index in [-0.39, 0.29) is 12.5 Å². The minimum atomic E-state index is -6.12. The Hall–Kier alpha value is -0.430. The van der Waals surface area contributed by atoms with Crippen LogP contribution >= 0.6 is 0 Å². The summed E-state index contributed by atoms with van der Waals surface area (Å²) in [6.45, 7) is 5.01. The molecule has 0 fully saturated rings. The van der Waals surface area contributed by atoms with Crippen LogP contribution in [0.15, 0.2) is 0 Å². The first-order chi connectivity index (χ1) is 10.3. The van der Waals surface area contributed by atoms with Gasteiger partial charge >= 0.3 is 5.51 Å². The third-order valence-electron chi connectivity index (χ3n) is 3.18. The van der Waals surface area contributed by atoms with Crippen LogP contribution in [0, 0.1) is 5.92 Å². The topological polar surface area (TPSA) is 94.8 Å². The molecule has 0 radical (unpaired) electrons. The fourth-order valence-corrected chi connectivity index (χ4v) is 4.28.